The number of aromatic amines is 2. The van der Waals surface area contributed by atoms with Gasteiger partial charge in [0, 0.05) is 12.2 Å². The molecule has 1 saturated carbocycles. The first-order chi connectivity index (χ1) is 10.6. The number of carbonyl (C=O) groups excluding carboxylic acids is 1. The van der Waals surface area contributed by atoms with Gasteiger partial charge in [0.25, 0.3) is 11.5 Å². The van der Waals surface area contributed by atoms with E-state index in [1.165, 1.54) is 12.3 Å². The van der Waals surface area contributed by atoms with Crippen molar-refractivity contribution >= 4 is 41.8 Å². The van der Waals surface area contributed by atoms with Crippen molar-refractivity contribution in [3.05, 3.63) is 38.7 Å². The summed E-state index contributed by atoms with van der Waals surface area (Å²) in [6.07, 6.45) is 4.31. The molecule has 0 bridgehead atoms. The summed E-state index contributed by atoms with van der Waals surface area (Å²) in [4.78, 5) is 43.7. The van der Waals surface area contributed by atoms with Crippen molar-refractivity contribution in [2.24, 2.45) is 11.7 Å². The van der Waals surface area contributed by atoms with E-state index in [-0.39, 0.29) is 59.3 Å². The molecule has 2 aromatic heterocycles. The maximum atomic E-state index is 12.3. The molecule has 0 aliphatic heterocycles. The number of halogens is 2. The lowest BCUT2D eigenvalue weighted by atomic mass is 10.0. The molecule has 2 aromatic rings. The minimum Gasteiger partial charge on any atom is -0.349 e. The number of pyridine rings is 1. The highest BCUT2D eigenvalue weighted by Crippen LogP contribution is 2.24. The minimum absolute atomic E-state index is 0. The van der Waals surface area contributed by atoms with Crippen LogP contribution in [0, 0.1) is 5.92 Å². The van der Waals surface area contributed by atoms with E-state index in [0.29, 0.717) is 6.54 Å². The van der Waals surface area contributed by atoms with Crippen LogP contribution in [0.3, 0.4) is 0 Å². The summed E-state index contributed by atoms with van der Waals surface area (Å²) >= 11 is 0. The Morgan fingerprint density at radius 1 is 1.29 bits per heavy atom. The number of nitrogens with two attached hydrogens (primary N) is 1. The molecule has 1 fully saturated rings. The second kappa shape index (κ2) is 8.27. The predicted octanol–water partition coefficient (Wildman–Crippen LogP) is 0.312. The summed E-state index contributed by atoms with van der Waals surface area (Å²) in [6, 6.07) is 1.49. The van der Waals surface area contributed by atoms with E-state index in [4.69, 9.17) is 5.73 Å². The van der Waals surface area contributed by atoms with E-state index in [9.17, 15) is 14.4 Å². The maximum absolute atomic E-state index is 12.3. The number of amides is 1. The van der Waals surface area contributed by atoms with Crippen LogP contribution < -0.4 is 22.3 Å². The van der Waals surface area contributed by atoms with Gasteiger partial charge < -0.3 is 11.1 Å². The number of rotatable bonds is 3. The third kappa shape index (κ3) is 3.95. The molecule has 1 amide bonds. The quantitative estimate of drug-likeness (QED) is 0.612. The summed E-state index contributed by atoms with van der Waals surface area (Å²) in [5, 5.41) is 3.12. The lowest BCUT2D eigenvalue weighted by Gasteiger charge is -2.19. The Balaban J connectivity index is 0.00000144. The molecule has 0 aromatic carbocycles. The molecule has 8 nitrogen and oxygen atoms in total. The molecule has 24 heavy (non-hydrogen) atoms. The highest BCUT2D eigenvalue weighted by molar-refractivity contribution is 5.96. The number of aromatic nitrogens is 3. The van der Waals surface area contributed by atoms with Crippen molar-refractivity contribution in [3.63, 3.8) is 0 Å². The molecule has 2 unspecified atom stereocenters. The van der Waals surface area contributed by atoms with E-state index in [1.54, 1.807) is 0 Å². The standard InChI is InChI=1S/C14H17N5O3.2ClH/c15-5-7-2-1-3-10(7)17-12(20)8-4-9-11(16-6-8)18-14(22)19-13(9)21;;/h4,6-7,10H,1-3,5,15H2,(H,17,20)(H2,16,18,19,21,22);2*1H. The fourth-order valence-corrected chi connectivity index (χ4v) is 2.93. The highest BCUT2D eigenvalue weighted by Gasteiger charge is 2.27. The van der Waals surface area contributed by atoms with Crippen molar-refractivity contribution in [3.8, 4) is 0 Å². The first-order valence-electron chi connectivity index (χ1n) is 7.22. The Labute approximate surface area is 149 Å². The van der Waals surface area contributed by atoms with Crippen molar-refractivity contribution in [2.75, 3.05) is 6.54 Å². The second-order valence-electron chi connectivity index (χ2n) is 5.54. The van der Waals surface area contributed by atoms with Crippen LogP contribution in [0.15, 0.2) is 21.9 Å². The number of hydrogen-bond acceptors (Lipinski definition) is 5. The first-order valence-corrected chi connectivity index (χ1v) is 7.22. The molecular weight excluding hydrogens is 357 g/mol. The number of fused-ring (bicyclic) bond motifs is 1. The largest absolute Gasteiger partial charge is 0.349 e. The van der Waals surface area contributed by atoms with Gasteiger partial charge in [0.15, 0.2) is 0 Å². The zero-order valence-corrected chi connectivity index (χ0v) is 14.3. The molecule has 0 spiro atoms. The average Bonchev–Trinajstić information content (AvgIpc) is 2.94. The lowest BCUT2D eigenvalue weighted by Crippen LogP contribution is -2.40. The molecule has 0 saturated heterocycles. The van der Waals surface area contributed by atoms with E-state index in [2.05, 4.69) is 20.3 Å². The molecule has 2 heterocycles. The molecule has 1 aliphatic rings. The van der Waals surface area contributed by atoms with Gasteiger partial charge in [0.05, 0.1) is 10.9 Å². The van der Waals surface area contributed by atoms with Crippen LogP contribution in [0.4, 0.5) is 0 Å². The van der Waals surface area contributed by atoms with Crippen LogP contribution >= 0.6 is 24.8 Å². The predicted molar refractivity (Wildman–Crippen MR) is 95.1 cm³/mol. The van der Waals surface area contributed by atoms with Gasteiger partial charge in [-0.2, -0.15) is 0 Å². The molecule has 10 heteroatoms. The molecule has 1 aliphatic carbocycles. The van der Waals surface area contributed by atoms with Gasteiger partial charge in [0.1, 0.15) is 5.65 Å². The molecule has 132 valence electrons. The molecular formula is C14H19Cl2N5O3. The third-order valence-electron chi connectivity index (χ3n) is 4.13. The maximum Gasteiger partial charge on any atom is 0.327 e. The van der Waals surface area contributed by atoms with Crippen LogP contribution in [-0.4, -0.2) is 33.4 Å². The van der Waals surface area contributed by atoms with Gasteiger partial charge in [0.2, 0.25) is 0 Å². The zero-order valence-electron chi connectivity index (χ0n) is 12.7. The Bertz CT molecular complexity index is 835. The summed E-state index contributed by atoms with van der Waals surface area (Å²) in [6.45, 7) is 0.543. The lowest BCUT2D eigenvalue weighted by molar-refractivity contribution is 0.0928. The normalized spacial score (nSPS) is 19.4. The Hall–Kier alpha value is -1.90. The average molecular weight is 376 g/mol. The smallest absolute Gasteiger partial charge is 0.327 e. The Kier molecular flexibility index (Phi) is 6.94. The van der Waals surface area contributed by atoms with Gasteiger partial charge in [-0.05, 0) is 31.4 Å². The van der Waals surface area contributed by atoms with Crippen molar-refractivity contribution < 1.29 is 4.79 Å². The molecule has 3 rings (SSSR count). The molecule has 0 radical (unpaired) electrons. The Morgan fingerprint density at radius 2 is 2.04 bits per heavy atom. The van der Waals surface area contributed by atoms with Crippen LogP contribution in [0.5, 0.6) is 0 Å². The summed E-state index contributed by atoms with van der Waals surface area (Å²) in [5.41, 5.74) is 4.95. The SMILES string of the molecule is Cl.Cl.NCC1CCCC1NC(=O)c1cnc2[nH]c(=O)[nH]c(=O)c2c1. The van der Waals surface area contributed by atoms with Gasteiger partial charge in [-0.25, -0.2) is 9.78 Å². The van der Waals surface area contributed by atoms with Gasteiger partial charge >= 0.3 is 5.69 Å². The Morgan fingerprint density at radius 3 is 2.75 bits per heavy atom. The second-order valence-corrected chi connectivity index (χ2v) is 5.54. The first kappa shape index (κ1) is 20.1. The number of hydrogen-bond donors (Lipinski definition) is 4. The minimum atomic E-state index is -0.626. The number of carbonyl (C=O) groups is 1. The van der Waals surface area contributed by atoms with Crippen LogP contribution in [-0.2, 0) is 0 Å². The number of nitrogens with one attached hydrogen (secondary N) is 3. The van der Waals surface area contributed by atoms with Crippen molar-refractivity contribution in [2.45, 2.75) is 25.3 Å². The van der Waals surface area contributed by atoms with E-state index < -0.39 is 11.2 Å². The monoisotopic (exact) mass is 375 g/mol. The van der Waals surface area contributed by atoms with Crippen molar-refractivity contribution in [1.29, 1.82) is 0 Å². The van der Waals surface area contributed by atoms with E-state index >= 15 is 0 Å². The molecule has 5 N–H and O–H groups in total. The highest BCUT2D eigenvalue weighted by atomic mass is 35.5. The van der Waals surface area contributed by atoms with Crippen LogP contribution in [0.25, 0.3) is 11.0 Å². The topological polar surface area (TPSA) is 134 Å². The summed E-state index contributed by atoms with van der Waals surface area (Å²) < 4.78 is 0. The van der Waals surface area contributed by atoms with E-state index in [1.807, 2.05) is 0 Å². The van der Waals surface area contributed by atoms with Gasteiger partial charge in [-0.3, -0.25) is 19.6 Å². The number of H-pyrrole nitrogens is 2. The summed E-state index contributed by atoms with van der Waals surface area (Å²) in [7, 11) is 0. The van der Waals surface area contributed by atoms with Gasteiger partial charge in [-0.1, -0.05) is 6.42 Å². The van der Waals surface area contributed by atoms with Crippen LogP contribution in [0.1, 0.15) is 29.6 Å². The summed E-state index contributed by atoms with van der Waals surface area (Å²) in [5.74, 6) is 0.00229. The fraction of sp³-hybridized carbons (Fsp3) is 0.429. The fourth-order valence-electron chi connectivity index (χ4n) is 2.93. The van der Waals surface area contributed by atoms with Crippen LogP contribution in [0.2, 0.25) is 0 Å². The number of nitrogens with zero attached hydrogens (tertiary/aromatic N) is 1. The zero-order chi connectivity index (χ0) is 15.7. The third-order valence-corrected chi connectivity index (χ3v) is 4.13. The van der Waals surface area contributed by atoms with Gasteiger partial charge in [-0.15, -0.1) is 24.8 Å². The van der Waals surface area contributed by atoms with Crippen molar-refractivity contribution in [1.82, 2.24) is 20.3 Å². The van der Waals surface area contributed by atoms with E-state index in [0.717, 1.165) is 19.3 Å². The molecule has 2 atom stereocenters.